The third kappa shape index (κ3) is 4.27. The molecule has 1 saturated heterocycles. The summed E-state index contributed by atoms with van der Waals surface area (Å²) in [6.45, 7) is 2.86. The summed E-state index contributed by atoms with van der Waals surface area (Å²) in [5.74, 6) is -1.60. The zero-order valence-corrected chi connectivity index (χ0v) is 15.3. The highest BCUT2D eigenvalue weighted by atomic mass is 19.4. The van der Waals surface area contributed by atoms with Crippen LogP contribution in [0.15, 0.2) is 24.3 Å². The molecule has 0 bridgehead atoms. The average Bonchev–Trinajstić information content (AvgIpc) is 2.77. The molecule has 2 heterocycles. The molecule has 1 aromatic carbocycles. The predicted octanol–water partition coefficient (Wildman–Crippen LogP) is 1.46. The number of anilines is 2. The number of carbonyl (C=O) groups is 3. The lowest BCUT2D eigenvalue weighted by molar-refractivity contribution is -0.158. The third-order valence-corrected chi connectivity index (χ3v) is 4.95. The van der Waals surface area contributed by atoms with Gasteiger partial charge in [-0.2, -0.15) is 13.2 Å². The van der Waals surface area contributed by atoms with Crippen LogP contribution in [-0.2, 0) is 14.4 Å². The molecular formula is C18H21F3N4O3. The van der Waals surface area contributed by atoms with E-state index in [9.17, 15) is 27.6 Å². The molecule has 10 heteroatoms. The lowest BCUT2D eigenvalue weighted by atomic mass is 10.1. The number of para-hydroxylation sites is 2. The Bertz CT molecular complexity index is 776. The second kappa shape index (κ2) is 7.78. The number of hydrogen-bond donors (Lipinski definition) is 1. The zero-order chi connectivity index (χ0) is 20.5. The lowest BCUT2D eigenvalue weighted by Crippen LogP contribution is -2.55. The molecule has 1 fully saturated rings. The molecule has 2 aliphatic heterocycles. The van der Waals surface area contributed by atoms with Gasteiger partial charge >= 0.3 is 6.18 Å². The van der Waals surface area contributed by atoms with E-state index in [1.165, 1.54) is 25.1 Å². The molecule has 1 N–H and O–H groups in total. The van der Waals surface area contributed by atoms with E-state index in [4.69, 9.17) is 0 Å². The van der Waals surface area contributed by atoms with Crippen molar-refractivity contribution in [3.63, 3.8) is 0 Å². The summed E-state index contributed by atoms with van der Waals surface area (Å²) in [6.07, 6.45) is -5.61. The normalized spacial score (nSPS) is 21.0. The minimum atomic E-state index is -4.75. The second-order valence-electron chi connectivity index (χ2n) is 6.87. The van der Waals surface area contributed by atoms with Gasteiger partial charge in [0.1, 0.15) is 6.04 Å². The van der Waals surface area contributed by atoms with E-state index in [1.807, 2.05) is 0 Å². The summed E-state index contributed by atoms with van der Waals surface area (Å²) < 4.78 is 41.1. The molecule has 0 aromatic heterocycles. The molecule has 7 nitrogen and oxygen atoms in total. The molecule has 2 aliphatic rings. The average molecular weight is 398 g/mol. The van der Waals surface area contributed by atoms with E-state index in [-0.39, 0.29) is 23.8 Å². The summed E-state index contributed by atoms with van der Waals surface area (Å²) in [7, 11) is 0. The van der Waals surface area contributed by atoms with Gasteiger partial charge in [-0.25, -0.2) is 0 Å². The molecule has 3 amide bonds. The number of rotatable bonds is 2. The van der Waals surface area contributed by atoms with Gasteiger partial charge in [0.25, 0.3) is 0 Å². The van der Waals surface area contributed by atoms with Gasteiger partial charge in [0.2, 0.25) is 17.7 Å². The number of fused-ring (bicyclic) bond motifs is 1. The van der Waals surface area contributed by atoms with E-state index in [0.29, 0.717) is 31.1 Å². The molecule has 28 heavy (non-hydrogen) atoms. The summed E-state index contributed by atoms with van der Waals surface area (Å²) in [5, 5.41) is 2.44. The summed E-state index contributed by atoms with van der Waals surface area (Å²) >= 11 is 0. The SMILES string of the molecule is CC(=O)N1CCN(CC(=O)N2c3ccccc3NC(=O)CC2C(F)(F)F)CC1. The van der Waals surface area contributed by atoms with Crippen molar-refractivity contribution < 1.29 is 27.6 Å². The van der Waals surface area contributed by atoms with E-state index < -0.39 is 30.5 Å². The van der Waals surface area contributed by atoms with Gasteiger partial charge in [0, 0.05) is 33.1 Å². The number of nitrogens with zero attached hydrogens (tertiary/aromatic N) is 3. The topological polar surface area (TPSA) is 73.0 Å². The highest BCUT2D eigenvalue weighted by Crippen LogP contribution is 2.37. The van der Waals surface area contributed by atoms with Crippen LogP contribution in [0.3, 0.4) is 0 Å². The Balaban J connectivity index is 1.84. The molecule has 152 valence electrons. The van der Waals surface area contributed by atoms with Crippen LogP contribution in [0.4, 0.5) is 24.5 Å². The van der Waals surface area contributed by atoms with Crippen molar-refractivity contribution in [2.24, 2.45) is 0 Å². The Hall–Kier alpha value is -2.62. The maximum absolute atomic E-state index is 13.7. The predicted molar refractivity (Wildman–Crippen MR) is 95.7 cm³/mol. The maximum Gasteiger partial charge on any atom is 0.409 e. The molecule has 0 aliphatic carbocycles. The van der Waals surface area contributed by atoms with Gasteiger partial charge in [-0.15, -0.1) is 0 Å². The largest absolute Gasteiger partial charge is 0.409 e. The van der Waals surface area contributed by atoms with Crippen molar-refractivity contribution in [2.75, 3.05) is 42.9 Å². The first-order chi connectivity index (χ1) is 13.2. The van der Waals surface area contributed by atoms with Crippen molar-refractivity contribution in [2.45, 2.75) is 25.6 Å². The third-order valence-electron chi connectivity index (χ3n) is 4.95. The minimum absolute atomic E-state index is 0.0306. The van der Waals surface area contributed by atoms with Crippen molar-refractivity contribution >= 4 is 29.1 Å². The maximum atomic E-state index is 13.7. The fourth-order valence-electron chi connectivity index (χ4n) is 3.48. The van der Waals surface area contributed by atoms with Crippen molar-refractivity contribution in [1.29, 1.82) is 0 Å². The Morgan fingerprint density at radius 2 is 1.79 bits per heavy atom. The quantitative estimate of drug-likeness (QED) is 0.819. The number of alkyl halides is 3. The zero-order valence-electron chi connectivity index (χ0n) is 15.3. The summed E-state index contributed by atoms with van der Waals surface area (Å²) in [4.78, 5) is 40.3. The molecule has 1 unspecified atom stereocenters. The molecular weight excluding hydrogens is 377 g/mol. The van der Waals surface area contributed by atoms with Crippen LogP contribution < -0.4 is 10.2 Å². The Morgan fingerprint density at radius 3 is 2.39 bits per heavy atom. The molecule has 1 atom stereocenters. The van der Waals surface area contributed by atoms with Crippen LogP contribution >= 0.6 is 0 Å². The first-order valence-corrected chi connectivity index (χ1v) is 8.92. The number of halogens is 3. The summed E-state index contributed by atoms with van der Waals surface area (Å²) in [6, 6.07) is 3.73. The van der Waals surface area contributed by atoms with Gasteiger partial charge in [-0.3, -0.25) is 24.2 Å². The molecule has 0 radical (unpaired) electrons. The summed E-state index contributed by atoms with van der Waals surface area (Å²) in [5.41, 5.74) is 0.206. The highest BCUT2D eigenvalue weighted by molar-refractivity contribution is 6.05. The highest BCUT2D eigenvalue weighted by Gasteiger charge is 2.49. The van der Waals surface area contributed by atoms with Crippen molar-refractivity contribution in [3.05, 3.63) is 24.3 Å². The first kappa shape index (κ1) is 20.1. The number of nitrogens with one attached hydrogen (secondary N) is 1. The van der Waals surface area contributed by atoms with E-state index in [1.54, 1.807) is 15.9 Å². The monoisotopic (exact) mass is 398 g/mol. The Labute approximate surface area is 160 Å². The van der Waals surface area contributed by atoms with Crippen LogP contribution in [0.25, 0.3) is 0 Å². The fraction of sp³-hybridized carbons (Fsp3) is 0.500. The van der Waals surface area contributed by atoms with E-state index >= 15 is 0 Å². The number of benzene rings is 1. The molecule has 0 saturated carbocycles. The van der Waals surface area contributed by atoms with Gasteiger partial charge < -0.3 is 10.2 Å². The van der Waals surface area contributed by atoms with Crippen molar-refractivity contribution in [1.82, 2.24) is 9.80 Å². The van der Waals surface area contributed by atoms with Gasteiger partial charge in [-0.05, 0) is 12.1 Å². The van der Waals surface area contributed by atoms with Gasteiger partial charge in [-0.1, -0.05) is 12.1 Å². The van der Waals surface area contributed by atoms with E-state index in [2.05, 4.69) is 5.32 Å². The van der Waals surface area contributed by atoms with Crippen molar-refractivity contribution in [3.8, 4) is 0 Å². The Morgan fingerprint density at radius 1 is 1.14 bits per heavy atom. The first-order valence-electron chi connectivity index (χ1n) is 8.92. The van der Waals surface area contributed by atoms with Crippen LogP contribution in [0.2, 0.25) is 0 Å². The van der Waals surface area contributed by atoms with Crippen LogP contribution in [-0.4, -0.2) is 72.5 Å². The van der Waals surface area contributed by atoms with Gasteiger partial charge in [0.05, 0.1) is 24.3 Å². The fourth-order valence-corrected chi connectivity index (χ4v) is 3.48. The lowest BCUT2D eigenvalue weighted by Gasteiger charge is -2.36. The number of amides is 3. The second-order valence-corrected chi connectivity index (χ2v) is 6.87. The van der Waals surface area contributed by atoms with E-state index in [0.717, 1.165) is 0 Å². The van der Waals surface area contributed by atoms with Crippen LogP contribution in [0.5, 0.6) is 0 Å². The molecule has 3 rings (SSSR count). The van der Waals surface area contributed by atoms with Crippen LogP contribution in [0, 0.1) is 0 Å². The Kier molecular flexibility index (Phi) is 5.59. The standard InChI is InChI=1S/C18H21F3N4O3/c1-12(26)24-8-6-23(7-9-24)11-17(28)25-14-5-3-2-4-13(14)22-16(27)10-15(25)18(19,20)21/h2-5,15H,6-11H2,1H3,(H,22,27). The number of carbonyl (C=O) groups excluding carboxylic acids is 3. The van der Waals surface area contributed by atoms with Crippen LogP contribution in [0.1, 0.15) is 13.3 Å². The molecule has 0 spiro atoms. The van der Waals surface area contributed by atoms with Gasteiger partial charge in [0.15, 0.2) is 0 Å². The minimum Gasteiger partial charge on any atom is -0.340 e. The number of hydrogen-bond acceptors (Lipinski definition) is 4. The number of piperazine rings is 1. The smallest absolute Gasteiger partial charge is 0.340 e. The molecule has 1 aromatic rings.